The summed E-state index contributed by atoms with van der Waals surface area (Å²) in [6.45, 7) is 1.63. The molecule has 1 atom stereocenters. The Morgan fingerprint density at radius 3 is 2.58 bits per heavy atom. The maximum absolute atomic E-state index is 13.1. The van der Waals surface area contributed by atoms with Gasteiger partial charge in [-0.1, -0.05) is 19.3 Å². The molecule has 1 aliphatic rings. The number of carbonyl (C=O) groups excluding carboxylic acids is 2. The van der Waals surface area contributed by atoms with E-state index >= 15 is 0 Å². The van der Waals surface area contributed by atoms with Gasteiger partial charge in [-0.3, -0.25) is 9.59 Å². The molecule has 3 N–H and O–H groups in total. The molecule has 1 aromatic rings. The summed E-state index contributed by atoms with van der Waals surface area (Å²) < 4.78 is 13.1. The molecule has 5 nitrogen and oxygen atoms in total. The second kappa shape index (κ2) is 8.78. The molecule has 0 bridgehead atoms. The maximum atomic E-state index is 13.1. The lowest BCUT2D eigenvalue weighted by molar-refractivity contribution is -0.137. The van der Waals surface area contributed by atoms with E-state index in [1.165, 1.54) is 24.6 Å². The lowest BCUT2D eigenvalue weighted by Gasteiger charge is -2.30. The second-order valence-electron chi connectivity index (χ2n) is 6.40. The number of benzene rings is 1. The number of carbonyl (C=O) groups is 2. The van der Waals surface area contributed by atoms with Crippen LogP contribution >= 0.6 is 0 Å². The van der Waals surface area contributed by atoms with E-state index in [4.69, 9.17) is 0 Å². The second-order valence-corrected chi connectivity index (χ2v) is 6.40. The van der Waals surface area contributed by atoms with E-state index < -0.39 is 17.6 Å². The van der Waals surface area contributed by atoms with Crippen molar-refractivity contribution in [2.75, 3.05) is 11.9 Å². The molecule has 1 unspecified atom stereocenters. The van der Waals surface area contributed by atoms with Crippen LogP contribution in [0.15, 0.2) is 18.2 Å². The van der Waals surface area contributed by atoms with Crippen LogP contribution in [-0.2, 0) is 9.59 Å². The molecule has 2 rings (SSSR count). The fourth-order valence-electron chi connectivity index (χ4n) is 3.28. The average Bonchev–Trinajstić information content (AvgIpc) is 2.57. The molecule has 1 aromatic carbocycles. The number of anilines is 1. The van der Waals surface area contributed by atoms with Gasteiger partial charge in [0.15, 0.2) is 0 Å². The van der Waals surface area contributed by atoms with Crippen molar-refractivity contribution in [3.05, 3.63) is 29.6 Å². The molecule has 0 heterocycles. The van der Waals surface area contributed by atoms with Gasteiger partial charge in [-0.15, -0.1) is 0 Å². The Morgan fingerprint density at radius 2 is 1.96 bits per heavy atom. The van der Waals surface area contributed by atoms with Crippen molar-refractivity contribution in [1.82, 2.24) is 5.32 Å². The first kappa shape index (κ1) is 18.4. The van der Waals surface area contributed by atoms with Crippen molar-refractivity contribution in [2.24, 2.45) is 5.92 Å². The van der Waals surface area contributed by atoms with E-state index in [-0.39, 0.29) is 12.6 Å². The van der Waals surface area contributed by atoms with Crippen molar-refractivity contribution in [2.45, 2.75) is 51.5 Å². The number of hydrogen-bond acceptors (Lipinski definition) is 3. The zero-order valence-corrected chi connectivity index (χ0v) is 14.0. The summed E-state index contributed by atoms with van der Waals surface area (Å²) in [6.07, 6.45) is 5.88. The summed E-state index contributed by atoms with van der Waals surface area (Å²) in [5.74, 6) is -1.59. The van der Waals surface area contributed by atoms with E-state index in [0.717, 1.165) is 25.7 Å². The molecule has 1 fully saturated rings. The smallest absolute Gasteiger partial charge is 0.313 e. The summed E-state index contributed by atoms with van der Waals surface area (Å²) in [5, 5.41) is 14.5. The Kier molecular flexibility index (Phi) is 6.73. The van der Waals surface area contributed by atoms with E-state index in [2.05, 4.69) is 10.6 Å². The fourth-order valence-corrected chi connectivity index (χ4v) is 3.28. The van der Waals surface area contributed by atoms with Crippen molar-refractivity contribution in [3.63, 3.8) is 0 Å². The van der Waals surface area contributed by atoms with Crippen molar-refractivity contribution >= 4 is 17.5 Å². The highest BCUT2D eigenvalue weighted by molar-refractivity contribution is 6.39. The SMILES string of the molecule is Cc1cc(F)ccc1NC(=O)C(=O)NC(CCO)C1CCCCC1. The third kappa shape index (κ3) is 5.03. The number of halogens is 1. The first-order valence-electron chi connectivity index (χ1n) is 8.50. The summed E-state index contributed by atoms with van der Waals surface area (Å²) in [7, 11) is 0. The highest BCUT2D eigenvalue weighted by atomic mass is 19.1. The molecule has 0 aliphatic heterocycles. The Labute approximate surface area is 141 Å². The number of aliphatic hydroxyl groups excluding tert-OH is 1. The van der Waals surface area contributed by atoms with Crippen LogP contribution in [0.25, 0.3) is 0 Å². The molecule has 1 aliphatic carbocycles. The molecule has 0 aromatic heterocycles. The quantitative estimate of drug-likeness (QED) is 0.723. The molecule has 1 saturated carbocycles. The molecule has 6 heteroatoms. The molecule has 2 amide bonds. The van der Waals surface area contributed by atoms with Gasteiger partial charge in [0, 0.05) is 18.3 Å². The van der Waals surface area contributed by atoms with Gasteiger partial charge in [-0.2, -0.15) is 0 Å². The number of rotatable bonds is 5. The third-order valence-corrected chi connectivity index (χ3v) is 4.62. The lowest BCUT2D eigenvalue weighted by atomic mass is 9.82. The van der Waals surface area contributed by atoms with E-state index in [0.29, 0.717) is 23.6 Å². The van der Waals surface area contributed by atoms with E-state index in [9.17, 15) is 19.1 Å². The number of aliphatic hydroxyl groups is 1. The summed E-state index contributed by atoms with van der Waals surface area (Å²) in [5.41, 5.74) is 0.961. The number of aryl methyl sites for hydroxylation is 1. The van der Waals surface area contributed by atoms with Crippen molar-refractivity contribution < 1.29 is 19.1 Å². The van der Waals surface area contributed by atoms with Crippen LogP contribution in [0.2, 0.25) is 0 Å². The Hall–Kier alpha value is -1.95. The van der Waals surface area contributed by atoms with Crippen LogP contribution in [0, 0.1) is 18.7 Å². The first-order chi connectivity index (χ1) is 11.5. The molecule has 0 radical (unpaired) electrons. The van der Waals surface area contributed by atoms with Gasteiger partial charge in [0.25, 0.3) is 0 Å². The number of amides is 2. The number of nitrogens with one attached hydrogen (secondary N) is 2. The van der Waals surface area contributed by atoms with Crippen LogP contribution in [-0.4, -0.2) is 29.6 Å². The van der Waals surface area contributed by atoms with Crippen molar-refractivity contribution in [1.29, 1.82) is 0 Å². The normalized spacial score (nSPS) is 16.5. The molecule has 0 spiro atoms. The lowest BCUT2D eigenvalue weighted by Crippen LogP contribution is -2.46. The minimum Gasteiger partial charge on any atom is -0.396 e. The van der Waals surface area contributed by atoms with Gasteiger partial charge in [-0.05, 0) is 55.9 Å². The maximum Gasteiger partial charge on any atom is 0.313 e. The van der Waals surface area contributed by atoms with E-state index in [1.54, 1.807) is 6.92 Å². The highest BCUT2D eigenvalue weighted by Gasteiger charge is 2.27. The summed E-state index contributed by atoms with van der Waals surface area (Å²) >= 11 is 0. The monoisotopic (exact) mass is 336 g/mol. The molecular weight excluding hydrogens is 311 g/mol. The minimum absolute atomic E-state index is 0.0276. The van der Waals surface area contributed by atoms with Crippen LogP contribution in [0.3, 0.4) is 0 Å². The molecule has 0 saturated heterocycles. The molecular formula is C18H25FN2O3. The third-order valence-electron chi connectivity index (χ3n) is 4.62. The Morgan fingerprint density at radius 1 is 1.25 bits per heavy atom. The van der Waals surface area contributed by atoms with Gasteiger partial charge >= 0.3 is 11.8 Å². The van der Waals surface area contributed by atoms with Gasteiger partial charge in [0.05, 0.1) is 0 Å². The Bertz CT molecular complexity index is 586. The molecule has 24 heavy (non-hydrogen) atoms. The van der Waals surface area contributed by atoms with Gasteiger partial charge in [0.2, 0.25) is 0 Å². The summed E-state index contributed by atoms with van der Waals surface area (Å²) in [6, 6.07) is 3.77. The van der Waals surface area contributed by atoms with Crippen LogP contribution in [0.5, 0.6) is 0 Å². The van der Waals surface area contributed by atoms with Gasteiger partial charge < -0.3 is 15.7 Å². The Balaban J connectivity index is 1.96. The average molecular weight is 336 g/mol. The minimum atomic E-state index is -0.775. The van der Waals surface area contributed by atoms with Gasteiger partial charge in [-0.25, -0.2) is 4.39 Å². The zero-order valence-electron chi connectivity index (χ0n) is 14.0. The van der Waals surface area contributed by atoms with Crippen LogP contribution in [0.1, 0.15) is 44.1 Å². The van der Waals surface area contributed by atoms with Crippen LogP contribution < -0.4 is 10.6 Å². The molecule has 132 valence electrons. The van der Waals surface area contributed by atoms with Crippen molar-refractivity contribution in [3.8, 4) is 0 Å². The topological polar surface area (TPSA) is 78.4 Å². The zero-order chi connectivity index (χ0) is 17.5. The number of hydrogen-bond donors (Lipinski definition) is 3. The fraction of sp³-hybridized carbons (Fsp3) is 0.556. The van der Waals surface area contributed by atoms with E-state index in [1.807, 2.05) is 0 Å². The highest BCUT2D eigenvalue weighted by Crippen LogP contribution is 2.27. The van der Waals surface area contributed by atoms with Crippen LogP contribution in [0.4, 0.5) is 10.1 Å². The predicted octanol–water partition coefficient (Wildman–Crippen LogP) is 2.52. The van der Waals surface area contributed by atoms with Gasteiger partial charge in [0.1, 0.15) is 5.82 Å². The first-order valence-corrected chi connectivity index (χ1v) is 8.50. The summed E-state index contributed by atoms with van der Waals surface area (Å²) in [4.78, 5) is 24.3. The standard InChI is InChI=1S/C18H25FN2O3/c1-12-11-14(19)7-8-15(12)20-17(23)18(24)21-16(9-10-22)13-5-3-2-4-6-13/h7-8,11,13,16,22H,2-6,9-10H2,1H3,(H,20,23)(H,21,24). The largest absolute Gasteiger partial charge is 0.396 e. The predicted molar refractivity (Wildman–Crippen MR) is 90.0 cm³/mol.